The van der Waals surface area contributed by atoms with Crippen molar-refractivity contribution in [1.82, 2.24) is 4.90 Å². The molecule has 2 heterocycles. The van der Waals surface area contributed by atoms with Crippen molar-refractivity contribution in [3.8, 4) is 5.75 Å². The molecule has 1 atom stereocenters. The minimum Gasteiger partial charge on any atom is -0.497 e. The Kier molecular flexibility index (Phi) is 4.96. The molecule has 0 aliphatic carbocycles. The molecular weight excluding hydrogens is 310 g/mol. The summed E-state index contributed by atoms with van der Waals surface area (Å²) in [6.45, 7) is 1.19. The van der Waals surface area contributed by atoms with Gasteiger partial charge in [0.05, 0.1) is 26.1 Å². The highest BCUT2D eigenvalue weighted by molar-refractivity contribution is 6.41. The number of hydrogen-bond donors (Lipinski definition) is 0. The number of hydrogen-bond acceptors (Lipinski definition) is 5. The van der Waals surface area contributed by atoms with Gasteiger partial charge in [0.15, 0.2) is 5.76 Å². The molecule has 1 unspecified atom stereocenters. The molecular formula is C18H19NO5. The summed E-state index contributed by atoms with van der Waals surface area (Å²) in [5.74, 6) is -0.328. The molecule has 0 bridgehead atoms. The summed E-state index contributed by atoms with van der Waals surface area (Å²) >= 11 is 0. The number of carbonyl (C=O) groups excluding carboxylic acids is 2. The summed E-state index contributed by atoms with van der Waals surface area (Å²) in [5, 5.41) is 0. The Bertz CT molecular complexity index is 710. The van der Waals surface area contributed by atoms with Gasteiger partial charge in [0.2, 0.25) is 0 Å². The normalized spacial score (nSPS) is 17.5. The van der Waals surface area contributed by atoms with Crippen LogP contribution in [0.15, 0.2) is 47.1 Å². The van der Waals surface area contributed by atoms with E-state index in [0.29, 0.717) is 26.1 Å². The summed E-state index contributed by atoms with van der Waals surface area (Å²) in [7, 11) is 1.62. The summed E-state index contributed by atoms with van der Waals surface area (Å²) in [6.07, 6.45) is 1.88. The van der Waals surface area contributed by atoms with Gasteiger partial charge in [-0.05, 0) is 29.8 Å². The quantitative estimate of drug-likeness (QED) is 0.619. The lowest BCUT2D eigenvalue weighted by atomic mass is 10.1. The lowest BCUT2D eigenvalue weighted by molar-refractivity contribution is -0.133. The topological polar surface area (TPSA) is 69.0 Å². The second-order valence-corrected chi connectivity index (χ2v) is 5.61. The predicted octanol–water partition coefficient (Wildman–Crippen LogP) is 1.94. The van der Waals surface area contributed by atoms with Gasteiger partial charge in [-0.25, -0.2) is 0 Å². The monoisotopic (exact) mass is 329 g/mol. The van der Waals surface area contributed by atoms with E-state index in [0.717, 1.165) is 11.3 Å². The molecule has 1 saturated heterocycles. The van der Waals surface area contributed by atoms with E-state index in [4.69, 9.17) is 13.9 Å². The summed E-state index contributed by atoms with van der Waals surface area (Å²) < 4.78 is 16.0. The first-order chi connectivity index (χ1) is 11.7. The molecule has 0 radical (unpaired) electrons. The standard InChI is InChI=1S/C18H19NO5/c1-22-14-5-2-4-13(10-14)11-15-12-19(7-9-23-15)18(21)17(20)16-6-3-8-24-16/h2-6,8,10,15H,7,9,11-12H2,1H3. The Hall–Kier alpha value is -2.60. The molecule has 126 valence electrons. The first kappa shape index (κ1) is 16.3. The van der Waals surface area contributed by atoms with Crippen molar-refractivity contribution in [2.45, 2.75) is 12.5 Å². The first-order valence-electron chi connectivity index (χ1n) is 7.79. The number of ether oxygens (including phenoxy) is 2. The SMILES string of the molecule is COc1cccc(CC2CN(C(=O)C(=O)c3ccco3)CCO2)c1. The van der Waals surface area contributed by atoms with Crippen molar-refractivity contribution in [2.75, 3.05) is 26.8 Å². The van der Waals surface area contributed by atoms with E-state index in [1.54, 1.807) is 13.2 Å². The van der Waals surface area contributed by atoms with Crippen molar-refractivity contribution in [3.63, 3.8) is 0 Å². The van der Waals surface area contributed by atoms with Crippen LogP contribution in [-0.4, -0.2) is 49.5 Å². The zero-order valence-corrected chi connectivity index (χ0v) is 13.4. The Balaban J connectivity index is 1.63. The van der Waals surface area contributed by atoms with E-state index < -0.39 is 11.7 Å². The molecule has 0 N–H and O–H groups in total. The highest BCUT2D eigenvalue weighted by Crippen LogP contribution is 2.17. The summed E-state index contributed by atoms with van der Waals surface area (Å²) in [4.78, 5) is 26.0. The molecule has 0 spiro atoms. The average molecular weight is 329 g/mol. The largest absolute Gasteiger partial charge is 0.497 e. The second-order valence-electron chi connectivity index (χ2n) is 5.61. The third-order valence-corrected chi connectivity index (χ3v) is 3.96. The third-order valence-electron chi connectivity index (χ3n) is 3.96. The molecule has 1 amide bonds. The van der Waals surface area contributed by atoms with Gasteiger partial charge in [-0.3, -0.25) is 9.59 Å². The average Bonchev–Trinajstić information content (AvgIpc) is 3.15. The Morgan fingerprint density at radius 2 is 2.17 bits per heavy atom. The van der Waals surface area contributed by atoms with Crippen LogP contribution in [0.3, 0.4) is 0 Å². The van der Waals surface area contributed by atoms with Crippen molar-refractivity contribution in [1.29, 1.82) is 0 Å². The van der Waals surface area contributed by atoms with Crippen LogP contribution in [0.1, 0.15) is 16.1 Å². The van der Waals surface area contributed by atoms with Crippen molar-refractivity contribution in [2.24, 2.45) is 0 Å². The molecule has 6 heteroatoms. The Morgan fingerprint density at radius 1 is 1.29 bits per heavy atom. The number of morpholine rings is 1. The first-order valence-corrected chi connectivity index (χ1v) is 7.79. The summed E-state index contributed by atoms with van der Waals surface area (Å²) in [5.41, 5.74) is 1.06. The number of carbonyl (C=O) groups is 2. The van der Waals surface area contributed by atoms with Crippen LogP contribution >= 0.6 is 0 Å². The number of ketones is 1. The molecule has 1 aliphatic rings. The molecule has 0 saturated carbocycles. The van der Waals surface area contributed by atoms with Gasteiger partial charge < -0.3 is 18.8 Å². The van der Waals surface area contributed by atoms with Gasteiger partial charge in [-0.15, -0.1) is 0 Å². The Labute approximate surface area is 140 Å². The fourth-order valence-corrected chi connectivity index (χ4v) is 2.75. The Morgan fingerprint density at radius 3 is 2.92 bits per heavy atom. The van der Waals surface area contributed by atoms with Crippen LogP contribution in [0, 0.1) is 0 Å². The number of Topliss-reactive ketones (excluding diaryl/α,β-unsaturated/α-hetero) is 1. The molecule has 24 heavy (non-hydrogen) atoms. The van der Waals surface area contributed by atoms with Crippen LogP contribution in [0.2, 0.25) is 0 Å². The zero-order valence-electron chi connectivity index (χ0n) is 13.4. The minimum absolute atomic E-state index is 0.0656. The van der Waals surface area contributed by atoms with Crippen LogP contribution in [0.4, 0.5) is 0 Å². The maximum Gasteiger partial charge on any atom is 0.298 e. The minimum atomic E-state index is -0.623. The van der Waals surface area contributed by atoms with Gasteiger partial charge in [-0.2, -0.15) is 0 Å². The molecule has 1 aromatic carbocycles. The maximum absolute atomic E-state index is 12.3. The molecule has 1 fully saturated rings. The third kappa shape index (κ3) is 3.65. The van der Waals surface area contributed by atoms with Gasteiger partial charge in [0.1, 0.15) is 5.75 Å². The van der Waals surface area contributed by atoms with Gasteiger partial charge in [-0.1, -0.05) is 12.1 Å². The van der Waals surface area contributed by atoms with Crippen molar-refractivity contribution < 1.29 is 23.5 Å². The van der Waals surface area contributed by atoms with E-state index in [9.17, 15) is 9.59 Å². The van der Waals surface area contributed by atoms with E-state index in [-0.39, 0.29) is 11.9 Å². The maximum atomic E-state index is 12.3. The fourth-order valence-electron chi connectivity index (χ4n) is 2.75. The van der Waals surface area contributed by atoms with E-state index in [2.05, 4.69) is 0 Å². The highest BCUT2D eigenvalue weighted by Gasteiger charge is 2.30. The molecule has 2 aromatic rings. The number of rotatable bonds is 5. The van der Waals surface area contributed by atoms with Crippen molar-refractivity contribution >= 4 is 11.7 Å². The van der Waals surface area contributed by atoms with Gasteiger partial charge in [0, 0.05) is 19.5 Å². The zero-order chi connectivity index (χ0) is 16.9. The van der Waals surface area contributed by atoms with E-state index >= 15 is 0 Å². The van der Waals surface area contributed by atoms with Crippen molar-refractivity contribution in [3.05, 3.63) is 54.0 Å². The molecule has 1 aromatic heterocycles. The second kappa shape index (κ2) is 7.31. The summed E-state index contributed by atoms with van der Waals surface area (Å²) in [6, 6.07) is 10.8. The smallest absolute Gasteiger partial charge is 0.298 e. The van der Waals surface area contributed by atoms with Gasteiger partial charge >= 0.3 is 0 Å². The molecule has 3 rings (SSSR count). The number of nitrogens with zero attached hydrogens (tertiary/aromatic N) is 1. The van der Waals surface area contributed by atoms with E-state index in [1.807, 2.05) is 24.3 Å². The molecule has 6 nitrogen and oxygen atoms in total. The lowest BCUT2D eigenvalue weighted by Gasteiger charge is -2.32. The van der Waals surface area contributed by atoms with Crippen LogP contribution < -0.4 is 4.74 Å². The predicted molar refractivity (Wildman–Crippen MR) is 86.1 cm³/mol. The van der Waals surface area contributed by atoms with Crippen LogP contribution in [0.25, 0.3) is 0 Å². The van der Waals surface area contributed by atoms with E-state index in [1.165, 1.54) is 17.2 Å². The van der Waals surface area contributed by atoms with Crippen LogP contribution in [-0.2, 0) is 16.0 Å². The fraction of sp³-hybridized carbons (Fsp3) is 0.333. The van der Waals surface area contributed by atoms with Gasteiger partial charge in [0.25, 0.3) is 11.7 Å². The lowest BCUT2D eigenvalue weighted by Crippen LogP contribution is -2.48. The van der Waals surface area contributed by atoms with Crippen LogP contribution in [0.5, 0.6) is 5.75 Å². The number of furan rings is 1. The highest BCUT2D eigenvalue weighted by atomic mass is 16.5. The number of benzene rings is 1. The number of amides is 1. The molecule has 1 aliphatic heterocycles. The number of methoxy groups -OCH3 is 1.